The van der Waals surface area contributed by atoms with Crippen LogP contribution >= 0.6 is 38.6 Å². The Hall–Kier alpha value is -2.16. The van der Waals surface area contributed by atoms with Crippen LogP contribution in [0, 0.1) is 0 Å². The van der Waals surface area contributed by atoms with E-state index in [2.05, 4.69) is 60.9 Å². The number of carbonyl (C=O) groups is 1. The number of aromatic nitrogens is 2. The summed E-state index contributed by atoms with van der Waals surface area (Å²) >= 11 is 7.17. The summed E-state index contributed by atoms with van der Waals surface area (Å²) in [6.45, 7) is 6.37. The smallest absolute Gasteiger partial charge is 0.410 e. The quantitative estimate of drug-likeness (QED) is 0.293. The summed E-state index contributed by atoms with van der Waals surface area (Å²) in [6, 6.07) is 8.49. The van der Waals surface area contributed by atoms with E-state index in [4.69, 9.17) is 4.74 Å². The number of likely N-dealkylation sites (tertiary alicyclic amines) is 1. The minimum Gasteiger partial charge on any atom is -0.444 e. The Labute approximate surface area is 203 Å². The van der Waals surface area contributed by atoms with Gasteiger partial charge in [0.15, 0.2) is 0 Å². The number of aromatic amines is 1. The number of thiophene rings is 2. The molecule has 1 aromatic carbocycles. The molecule has 8 heteroatoms. The Morgan fingerprint density at radius 3 is 2.62 bits per heavy atom. The predicted molar refractivity (Wildman–Crippen MR) is 135 cm³/mol. The number of ether oxygens (including phenoxy) is 1. The lowest BCUT2D eigenvalue weighted by Gasteiger charge is -2.27. The van der Waals surface area contributed by atoms with Crippen LogP contribution in [-0.2, 0) is 4.74 Å². The van der Waals surface area contributed by atoms with E-state index in [1.165, 1.54) is 25.0 Å². The maximum atomic E-state index is 12.6. The lowest BCUT2D eigenvalue weighted by atomic mass is 10.1. The zero-order valence-electron chi connectivity index (χ0n) is 18.1. The van der Waals surface area contributed by atoms with E-state index in [0.29, 0.717) is 6.54 Å². The largest absolute Gasteiger partial charge is 0.444 e. The lowest BCUT2D eigenvalue weighted by Crippen LogP contribution is -2.36. The summed E-state index contributed by atoms with van der Waals surface area (Å²) in [4.78, 5) is 22.5. The fourth-order valence-electron chi connectivity index (χ4n) is 4.06. The molecule has 0 radical (unpaired) electrons. The van der Waals surface area contributed by atoms with Crippen molar-refractivity contribution in [1.82, 2.24) is 14.9 Å². The number of nitrogens with one attached hydrogen (secondary N) is 1. The average Bonchev–Trinajstić information content (AvgIpc) is 3.52. The fraction of sp³-hybridized carbons (Fsp3) is 0.333. The van der Waals surface area contributed by atoms with Gasteiger partial charge in [-0.15, -0.1) is 22.7 Å². The molecule has 1 N–H and O–H groups in total. The average molecular weight is 531 g/mol. The fourth-order valence-corrected chi connectivity index (χ4v) is 7.13. The second-order valence-corrected chi connectivity index (χ2v) is 11.6. The van der Waals surface area contributed by atoms with Crippen molar-refractivity contribution in [3.63, 3.8) is 0 Å². The number of hydrogen-bond acceptors (Lipinski definition) is 5. The van der Waals surface area contributed by atoms with E-state index < -0.39 is 5.60 Å². The van der Waals surface area contributed by atoms with Gasteiger partial charge < -0.3 is 9.72 Å². The van der Waals surface area contributed by atoms with Crippen molar-refractivity contribution in [2.24, 2.45) is 0 Å². The van der Waals surface area contributed by atoms with Crippen LogP contribution in [0.5, 0.6) is 0 Å². The highest BCUT2D eigenvalue weighted by Gasteiger charge is 2.34. The van der Waals surface area contributed by atoms with Crippen LogP contribution in [0.25, 0.3) is 31.8 Å². The molecule has 4 aromatic rings. The molecule has 5 nitrogen and oxygen atoms in total. The van der Waals surface area contributed by atoms with Gasteiger partial charge in [-0.1, -0.05) is 24.3 Å². The summed E-state index contributed by atoms with van der Waals surface area (Å²) in [5.41, 5.74) is 4.01. The van der Waals surface area contributed by atoms with Crippen molar-refractivity contribution < 1.29 is 9.53 Å². The van der Waals surface area contributed by atoms with E-state index >= 15 is 0 Å². The van der Waals surface area contributed by atoms with Crippen molar-refractivity contribution >= 4 is 54.1 Å². The van der Waals surface area contributed by atoms with E-state index in [-0.39, 0.29) is 12.1 Å². The third-order valence-electron chi connectivity index (χ3n) is 5.54. The third kappa shape index (κ3) is 4.11. The van der Waals surface area contributed by atoms with Gasteiger partial charge in [-0.25, -0.2) is 9.78 Å². The molecule has 0 saturated carbocycles. The summed E-state index contributed by atoms with van der Waals surface area (Å²) < 4.78 is 9.38. The zero-order valence-corrected chi connectivity index (χ0v) is 21.4. The molecule has 1 saturated heterocycles. The van der Waals surface area contributed by atoms with Gasteiger partial charge in [-0.05, 0) is 60.7 Å². The van der Waals surface area contributed by atoms with Gasteiger partial charge in [0.25, 0.3) is 0 Å². The SMILES string of the molecule is CC(C)(C)OC(=O)N1CCCC1c1ncc(-c2ccc(-c3csc4c(Br)csc34)cc2)[nH]1. The summed E-state index contributed by atoms with van der Waals surface area (Å²) in [7, 11) is 0. The first kappa shape index (κ1) is 21.7. The Morgan fingerprint density at radius 2 is 1.88 bits per heavy atom. The van der Waals surface area contributed by atoms with Crippen molar-refractivity contribution in [1.29, 1.82) is 0 Å². The number of nitrogens with zero attached hydrogens (tertiary/aromatic N) is 2. The first-order valence-corrected chi connectivity index (χ1v) is 13.1. The maximum Gasteiger partial charge on any atom is 0.410 e. The van der Waals surface area contributed by atoms with Crippen molar-refractivity contribution in [3.8, 4) is 22.4 Å². The van der Waals surface area contributed by atoms with Gasteiger partial charge in [0.05, 0.1) is 27.3 Å². The maximum absolute atomic E-state index is 12.6. The Bertz CT molecular complexity index is 1270. The lowest BCUT2D eigenvalue weighted by molar-refractivity contribution is 0.0218. The van der Waals surface area contributed by atoms with Crippen LogP contribution in [0.4, 0.5) is 4.79 Å². The molecule has 1 aliphatic rings. The molecule has 1 unspecified atom stereocenters. The molecule has 32 heavy (non-hydrogen) atoms. The highest BCUT2D eigenvalue weighted by atomic mass is 79.9. The van der Waals surface area contributed by atoms with Gasteiger partial charge in [-0.3, -0.25) is 4.90 Å². The second kappa shape index (κ2) is 8.32. The van der Waals surface area contributed by atoms with Gasteiger partial charge >= 0.3 is 6.09 Å². The van der Waals surface area contributed by atoms with Crippen LogP contribution in [0.3, 0.4) is 0 Å². The number of fused-ring (bicyclic) bond motifs is 1. The molecule has 0 spiro atoms. The van der Waals surface area contributed by atoms with Gasteiger partial charge in [0.2, 0.25) is 0 Å². The number of rotatable bonds is 3. The Kier molecular flexibility index (Phi) is 5.63. The number of halogens is 1. The summed E-state index contributed by atoms with van der Waals surface area (Å²) in [5, 5.41) is 4.37. The topological polar surface area (TPSA) is 58.2 Å². The van der Waals surface area contributed by atoms with Crippen LogP contribution in [0.2, 0.25) is 0 Å². The standard InChI is InChI=1S/C24H24BrN3O2S2/c1-24(2,3)30-23(29)28-10-4-5-19(28)22-26-11-18(27-22)15-8-6-14(7-9-15)16-12-31-21-17(25)13-32-20(16)21/h6-9,11-13,19H,4-5,10H2,1-3H3,(H,26,27). The van der Waals surface area contributed by atoms with E-state index in [1.807, 2.05) is 27.0 Å². The molecule has 0 bridgehead atoms. The number of imidazole rings is 1. The monoisotopic (exact) mass is 529 g/mol. The number of H-pyrrole nitrogens is 1. The molecule has 1 atom stereocenters. The highest BCUT2D eigenvalue weighted by molar-refractivity contribution is 9.10. The molecule has 0 aliphatic carbocycles. The predicted octanol–water partition coefficient (Wildman–Crippen LogP) is 7.85. The minimum absolute atomic E-state index is 0.0748. The van der Waals surface area contributed by atoms with Crippen LogP contribution in [-0.4, -0.2) is 33.1 Å². The molecule has 1 fully saturated rings. The Balaban J connectivity index is 1.36. The number of amides is 1. The first-order chi connectivity index (χ1) is 15.3. The Morgan fingerprint density at radius 1 is 1.16 bits per heavy atom. The molecule has 5 rings (SSSR count). The second-order valence-electron chi connectivity index (χ2n) is 8.98. The number of hydrogen-bond donors (Lipinski definition) is 1. The van der Waals surface area contributed by atoms with E-state index in [9.17, 15) is 4.79 Å². The summed E-state index contributed by atoms with van der Waals surface area (Å²) in [5.74, 6) is 0.815. The van der Waals surface area contributed by atoms with Gasteiger partial charge in [-0.2, -0.15) is 0 Å². The van der Waals surface area contributed by atoms with Gasteiger partial charge in [0.1, 0.15) is 11.4 Å². The minimum atomic E-state index is -0.506. The zero-order chi connectivity index (χ0) is 22.5. The molecular weight excluding hydrogens is 506 g/mol. The first-order valence-electron chi connectivity index (χ1n) is 10.6. The van der Waals surface area contributed by atoms with Crippen molar-refractivity contribution in [2.75, 3.05) is 6.54 Å². The van der Waals surface area contributed by atoms with E-state index in [1.54, 1.807) is 27.6 Å². The molecule has 4 heterocycles. The van der Waals surface area contributed by atoms with Crippen molar-refractivity contribution in [2.45, 2.75) is 45.3 Å². The van der Waals surface area contributed by atoms with Crippen LogP contribution < -0.4 is 0 Å². The van der Waals surface area contributed by atoms with Crippen LogP contribution in [0.1, 0.15) is 45.5 Å². The summed E-state index contributed by atoms with van der Waals surface area (Å²) in [6.07, 6.45) is 3.41. The molecule has 3 aromatic heterocycles. The molecule has 1 amide bonds. The molecular formula is C24H24BrN3O2S2. The third-order valence-corrected chi connectivity index (χ3v) is 8.89. The molecule has 166 valence electrons. The van der Waals surface area contributed by atoms with Crippen LogP contribution in [0.15, 0.2) is 45.7 Å². The number of carbonyl (C=O) groups excluding carboxylic acids is 1. The number of benzene rings is 1. The van der Waals surface area contributed by atoms with Crippen molar-refractivity contribution in [3.05, 3.63) is 51.5 Å². The normalized spacial score (nSPS) is 16.8. The molecule has 1 aliphatic heterocycles. The highest BCUT2D eigenvalue weighted by Crippen LogP contribution is 2.42. The van der Waals surface area contributed by atoms with E-state index in [0.717, 1.165) is 29.9 Å². The van der Waals surface area contributed by atoms with Gasteiger partial charge in [0, 0.05) is 27.3 Å².